The molecule has 0 bridgehead atoms. The Hall–Kier alpha value is -1.90. The van der Waals surface area contributed by atoms with Gasteiger partial charge in [0, 0.05) is 18.7 Å². The zero-order chi connectivity index (χ0) is 17.3. The van der Waals surface area contributed by atoms with Gasteiger partial charge in [-0.3, -0.25) is 9.59 Å². The SMILES string of the molecule is O=C(O)CSCCNC(=O)CCc1ccc(OC(F)(F)F)cc1. The molecule has 128 valence electrons. The molecule has 1 amide bonds. The Morgan fingerprint density at radius 3 is 2.43 bits per heavy atom. The number of carbonyl (C=O) groups is 2. The summed E-state index contributed by atoms with van der Waals surface area (Å²) in [5.74, 6) is -0.916. The second-order valence-corrected chi connectivity index (χ2v) is 5.59. The highest BCUT2D eigenvalue weighted by Gasteiger charge is 2.30. The number of amides is 1. The first-order valence-electron chi connectivity index (χ1n) is 6.67. The van der Waals surface area contributed by atoms with Gasteiger partial charge in [-0.1, -0.05) is 12.1 Å². The van der Waals surface area contributed by atoms with Crippen LogP contribution in [0.3, 0.4) is 0 Å². The van der Waals surface area contributed by atoms with E-state index < -0.39 is 12.3 Å². The maximum Gasteiger partial charge on any atom is 0.573 e. The standard InChI is InChI=1S/C14H16F3NO4S/c15-14(16,17)22-11-4-1-10(2-5-11)3-6-12(19)18-7-8-23-9-13(20)21/h1-2,4-5H,3,6-9H2,(H,18,19)(H,20,21). The van der Waals surface area contributed by atoms with Crippen LogP contribution in [-0.2, 0) is 16.0 Å². The van der Waals surface area contributed by atoms with Crippen LogP contribution in [0, 0.1) is 0 Å². The van der Waals surface area contributed by atoms with Crippen LogP contribution in [0.1, 0.15) is 12.0 Å². The number of ether oxygens (including phenoxy) is 1. The number of benzene rings is 1. The number of thioether (sulfide) groups is 1. The van der Waals surface area contributed by atoms with Crippen LogP contribution in [0.2, 0.25) is 0 Å². The Balaban J connectivity index is 2.24. The number of aryl methyl sites for hydroxylation is 1. The van der Waals surface area contributed by atoms with E-state index in [2.05, 4.69) is 10.1 Å². The zero-order valence-corrected chi connectivity index (χ0v) is 12.9. The van der Waals surface area contributed by atoms with E-state index in [9.17, 15) is 22.8 Å². The molecule has 0 heterocycles. The highest BCUT2D eigenvalue weighted by atomic mass is 32.2. The summed E-state index contributed by atoms with van der Waals surface area (Å²) in [7, 11) is 0. The molecule has 0 fully saturated rings. The molecular weight excluding hydrogens is 335 g/mol. The van der Waals surface area contributed by atoms with E-state index >= 15 is 0 Å². The quantitative estimate of drug-likeness (QED) is 0.669. The maximum atomic E-state index is 12.0. The molecule has 1 aromatic carbocycles. The molecule has 0 aromatic heterocycles. The topological polar surface area (TPSA) is 75.6 Å². The monoisotopic (exact) mass is 351 g/mol. The van der Waals surface area contributed by atoms with Crippen molar-refractivity contribution in [2.75, 3.05) is 18.1 Å². The van der Waals surface area contributed by atoms with Gasteiger partial charge < -0.3 is 15.2 Å². The summed E-state index contributed by atoms with van der Waals surface area (Å²) >= 11 is 1.20. The van der Waals surface area contributed by atoms with Crippen LogP contribution in [0.25, 0.3) is 0 Å². The first kappa shape index (κ1) is 19.1. The van der Waals surface area contributed by atoms with Gasteiger partial charge in [0.25, 0.3) is 0 Å². The summed E-state index contributed by atoms with van der Waals surface area (Å²) in [5.41, 5.74) is 0.718. The van der Waals surface area contributed by atoms with Gasteiger partial charge in [0.2, 0.25) is 5.91 Å². The molecule has 0 aliphatic rings. The number of hydrogen-bond acceptors (Lipinski definition) is 4. The fourth-order valence-corrected chi connectivity index (χ4v) is 2.19. The molecule has 0 atom stereocenters. The number of aliphatic carboxylic acids is 1. The number of carboxylic acids is 1. The minimum Gasteiger partial charge on any atom is -0.481 e. The predicted octanol–water partition coefficient (Wildman–Crippen LogP) is 2.45. The average molecular weight is 351 g/mol. The zero-order valence-electron chi connectivity index (χ0n) is 12.1. The Kier molecular flexibility index (Phi) is 7.73. The molecule has 1 aromatic rings. The van der Waals surface area contributed by atoms with Gasteiger partial charge in [-0.05, 0) is 24.1 Å². The van der Waals surface area contributed by atoms with E-state index in [4.69, 9.17) is 5.11 Å². The molecule has 0 saturated carbocycles. The van der Waals surface area contributed by atoms with Crippen molar-refractivity contribution in [1.82, 2.24) is 5.32 Å². The van der Waals surface area contributed by atoms with Crippen molar-refractivity contribution in [2.24, 2.45) is 0 Å². The van der Waals surface area contributed by atoms with Crippen molar-refractivity contribution in [2.45, 2.75) is 19.2 Å². The first-order chi connectivity index (χ1) is 10.8. The number of alkyl halides is 3. The van der Waals surface area contributed by atoms with Crippen molar-refractivity contribution in [3.63, 3.8) is 0 Å². The Labute approximate surface area is 135 Å². The van der Waals surface area contributed by atoms with Crippen LogP contribution >= 0.6 is 11.8 Å². The van der Waals surface area contributed by atoms with Crippen molar-refractivity contribution in [1.29, 1.82) is 0 Å². The van der Waals surface area contributed by atoms with E-state index in [1.54, 1.807) is 0 Å². The number of hydrogen-bond donors (Lipinski definition) is 2. The molecule has 0 aliphatic carbocycles. The molecule has 0 spiro atoms. The van der Waals surface area contributed by atoms with Crippen LogP contribution in [-0.4, -0.2) is 41.4 Å². The molecule has 0 unspecified atom stereocenters. The smallest absolute Gasteiger partial charge is 0.481 e. The molecule has 5 nitrogen and oxygen atoms in total. The number of carboxylic acid groups (broad SMARTS) is 1. The molecule has 1 rings (SSSR count). The second-order valence-electron chi connectivity index (χ2n) is 4.49. The number of halogens is 3. The third kappa shape index (κ3) is 9.67. The van der Waals surface area contributed by atoms with Crippen LogP contribution in [0.4, 0.5) is 13.2 Å². The van der Waals surface area contributed by atoms with Gasteiger partial charge in [0.15, 0.2) is 0 Å². The van der Waals surface area contributed by atoms with Gasteiger partial charge in [0.1, 0.15) is 5.75 Å². The molecule has 0 saturated heterocycles. The summed E-state index contributed by atoms with van der Waals surface area (Å²) in [6.07, 6.45) is -4.14. The van der Waals surface area contributed by atoms with E-state index in [1.165, 1.54) is 36.0 Å². The van der Waals surface area contributed by atoms with Crippen molar-refractivity contribution >= 4 is 23.6 Å². The molecule has 0 radical (unpaired) electrons. The summed E-state index contributed by atoms with van der Waals surface area (Å²) in [6.45, 7) is 0.370. The highest BCUT2D eigenvalue weighted by Crippen LogP contribution is 2.22. The first-order valence-corrected chi connectivity index (χ1v) is 7.82. The third-order valence-electron chi connectivity index (χ3n) is 2.59. The summed E-state index contributed by atoms with van der Waals surface area (Å²) in [5, 5.41) is 11.1. The maximum absolute atomic E-state index is 12.0. The lowest BCUT2D eigenvalue weighted by molar-refractivity contribution is -0.274. The third-order valence-corrected chi connectivity index (χ3v) is 3.54. The molecule has 23 heavy (non-hydrogen) atoms. The van der Waals surface area contributed by atoms with Gasteiger partial charge in [-0.15, -0.1) is 24.9 Å². The van der Waals surface area contributed by atoms with E-state index in [0.29, 0.717) is 18.7 Å². The van der Waals surface area contributed by atoms with Crippen molar-refractivity contribution in [3.05, 3.63) is 29.8 Å². The summed E-state index contributed by atoms with van der Waals surface area (Å²) in [4.78, 5) is 21.8. The van der Waals surface area contributed by atoms with Gasteiger partial charge in [-0.2, -0.15) is 0 Å². The summed E-state index contributed by atoms with van der Waals surface area (Å²) in [6, 6.07) is 5.33. The molecular formula is C14H16F3NO4S. The largest absolute Gasteiger partial charge is 0.573 e. The molecule has 2 N–H and O–H groups in total. The summed E-state index contributed by atoms with van der Waals surface area (Å²) < 4.78 is 39.8. The van der Waals surface area contributed by atoms with E-state index in [0.717, 1.165) is 5.56 Å². The molecule has 9 heteroatoms. The number of carbonyl (C=O) groups excluding carboxylic acids is 1. The predicted molar refractivity (Wildman–Crippen MR) is 79.4 cm³/mol. The number of rotatable bonds is 9. The number of nitrogens with one attached hydrogen (secondary N) is 1. The lowest BCUT2D eigenvalue weighted by Crippen LogP contribution is -2.26. The average Bonchev–Trinajstić information content (AvgIpc) is 2.44. The minimum atomic E-state index is -4.72. The Morgan fingerprint density at radius 1 is 1.22 bits per heavy atom. The fourth-order valence-electron chi connectivity index (χ4n) is 1.63. The van der Waals surface area contributed by atoms with Crippen LogP contribution in [0.15, 0.2) is 24.3 Å². The van der Waals surface area contributed by atoms with Gasteiger partial charge >= 0.3 is 12.3 Å². The van der Waals surface area contributed by atoms with Crippen LogP contribution in [0.5, 0.6) is 5.75 Å². The Morgan fingerprint density at radius 2 is 1.87 bits per heavy atom. The highest BCUT2D eigenvalue weighted by molar-refractivity contribution is 7.99. The van der Waals surface area contributed by atoms with Gasteiger partial charge in [0.05, 0.1) is 5.75 Å². The van der Waals surface area contributed by atoms with E-state index in [-0.39, 0.29) is 23.8 Å². The van der Waals surface area contributed by atoms with Crippen molar-refractivity contribution < 1.29 is 32.6 Å². The second kappa shape index (κ2) is 9.29. The lowest BCUT2D eigenvalue weighted by atomic mass is 10.1. The van der Waals surface area contributed by atoms with Crippen molar-refractivity contribution in [3.8, 4) is 5.75 Å². The fraction of sp³-hybridized carbons (Fsp3) is 0.429. The Bertz CT molecular complexity index is 520. The molecule has 0 aliphatic heterocycles. The minimum absolute atomic E-state index is 0.0117. The van der Waals surface area contributed by atoms with E-state index in [1.807, 2.05) is 0 Å². The lowest BCUT2D eigenvalue weighted by Gasteiger charge is -2.09. The van der Waals surface area contributed by atoms with Gasteiger partial charge in [-0.25, -0.2) is 0 Å². The normalized spacial score (nSPS) is 11.1. The van der Waals surface area contributed by atoms with Crippen LogP contribution < -0.4 is 10.1 Å².